The first kappa shape index (κ1) is 24.8. The van der Waals surface area contributed by atoms with Gasteiger partial charge in [-0.3, -0.25) is 5.32 Å². The highest BCUT2D eigenvalue weighted by molar-refractivity contribution is 7.22. The van der Waals surface area contributed by atoms with Crippen LogP contribution >= 0.6 is 11.3 Å². The number of amides is 2. The molecule has 3 aromatic rings. The van der Waals surface area contributed by atoms with Crippen LogP contribution in [0.25, 0.3) is 10.2 Å². The van der Waals surface area contributed by atoms with Crippen LogP contribution in [0.5, 0.6) is 0 Å². The number of urea groups is 1. The van der Waals surface area contributed by atoms with Crippen molar-refractivity contribution >= 4 is 38.4 Å². The molecule has 0 bridgehead atoms. The van der Waals surface area contributed by atoms with Gasteiger partial charge in [-0.2, -0.15) is 0 Å². The lowest BCUT2D eigenvalue weighted by molar-refractivity contribution is 0.0954. The quantitative estimate of drug-likeness (QED) is 0.518. The fourth-order valence-electron chi connectivity index (χ4n) is 3.54. The molecule has 33 heavy (non-hydrogen) atoms. The van der Waals surface area contributed by atoms with Gasteiger partial charge in [0, 0.05) is 32.6 Å². The molecule has 3 N–H and O–H groups in total. The Morgan fingerprint density at radius 2 is 1.88 bits per heavy atom. The number of carbonyl (C=O) groups is 1. The summed E-state index contributed by atoms with van der Waals surface area (Å²) in [5, 5.41) is 21.6. The zero-order valence-corrected chi connectivity index (χ0v) is 19.4. The van der Waals surface area contributed by atoms with Crippen molar-refractivity contribution in [1.29, 1.82) is 0 Å². The number of rotatable bonds is 5. The van der Waals surface area contributed by atoms with Gasteiger partial charge in [0.05, 0.1) is 28.6 Å². The van der Waals surface area contributed by atoms with E-state index in [0.29, 0.717) is 52.8 Å². The normalized spacial score (nSPS) is 14.6. The van der Waals surface area contributed by atoms with Crippen LogP contribution in [-0.4, -0.2) is 65.0 Å². The first-order valence-corrected chi connectivity index (χ1v) is 11.7. The molecule has 0 radical (unpaired) electrons. The lowest BCUT2D eigenvalue weighted by Crippen LogP contribution is -2.50. The first-order chi connectivity index (χ1) is 15.9. The third-order valence-electron chi connectivity index (χ3n) is 5.17. The van der Waals surface area contributed by atoms with Crippen molar-refractivity contribution in [2.45, 2.75) is 26.4 Å². The SMILES string of the molecule is CC.O=C(Nc1nc2ccc(F)cc2s1)N1CCN(c2ccc(CC(O)CO)cc2F)CC1. The zero-order valence-electron chi connectivity index (χ0n) is 18.6. The summed E-state index contributed by atoms with van der Waals surface area (Å²) in [7, 11) is 0. The van der Waals surface area contributed by atoms with E-state index in [9.17, 15) is 18.7 Å². The summed E-state index contributed by atoms with van der Waals surface area (Å²) in [4.78, 5) is 20.4. The van der Waals surface area contributed by atoms with Gasteiger partial charge in [-0.1, -0.05) is 31.3 Å². The van der Waals surface area contributed by atoms with Crippen molar-refractivity contribution in [1.82, 2.24) is 9.88 Å². The van der Waals surface area contributed by atoms with E-state index in [1.165, 1.54) is 29.5 Å². The minimum absolute atomic E-state index is 0.181. The van der Waals surface area contributed by atoms with Crippen molar-refractivity contribution in [2.24, 2.45) is 0 Å². The van der Waals surface area contributed by atoms with Crippen LogP contribution in [0, 0.1) is 11.6 Å². The van der Waals surface area contributed by atoms with Gasteiger partial charge >= 0.3 is 6.03 Å². The van der Waals surface area contributed by atoms with Crippen LogP contribution in [0.2, 0.25) is 0 Å². The number of hydrogen-bond donors (Lipinski definition) is 3. The molecule has 1 fully saturated rings. The number of halogens is 2. The summed E-state index contributed by atoms with van der Waals surface area (Å²) < 4.78 is 28.5. The van der Waals surface area contributed by atoms with E-state index in [1.54, 1.807) is 23.1 Å². The Morgan fingerprint density at radius 3 is 2.55 bits per heavy atom. The number of hydrogen-bond acceptors (Lipinski definition) is 6. The Morgan fingerprint density at radius 1 is 1.15 bits per heavy atom. The number of aliphatic hydroxyl groups excluding tert-OH is 2. The lowest BCUT2D eigenvalue weighted by atomic mass is 10.1. The lowest BCUT2D eigenvalue weighted by Gasteiger charge is -2.36. The monoisotopic (exact) mass is 478 g/mol. The highest BCUT2D eigenvalue weighted by atomic mass is 32.1. The van der Waals surface area contributed by atoms with Gasteiger partial charge in [-0.05, 0) is 35.9 Å². The van der Waals surface area contributed by atoms with Gasteiger partial charge in [-0.25, -0.2) is 18.6 Å². The van der Waals surface area contributed by atoms with E-state index in [4.69, 9.17) is 5.11 Å². The molecule has 7 nitrogen and oxygen atoms in total. The van der Waals surface area contributed by atoms with E-state index in [0.717, 1.165) is 0 Å². The topological polar surface area (TPSA) is 88.9 Å². The number of nitrogens with one attached hydrogen (secondary N) is 1. The molecule has 1 atom stereocenters. The summed E-state index contributed by atoms with van der Waals surface area (Å²) >= 11 is 1.21. The Hall–Kier alpha value is -2.82. The Balaban J connectivity index is 0.00000149. The van der Waals surface area contributed by atoms with Gasteiger partial charge in [0.1, 0.15) is 11.6 Å². The highest BCUT2D eigenvalue weighted by Crippen LogP contribution is 2.27. The Labute approximate surface area is 195 Å². The molecule has 0 saturated carbocycles. The molecule has 2 amide bonds. The molecular formula is C23H28F2N4O3S. The van der Waals surface area contributed by atoms with E-state index in [1.807, 2.05) is 18.7 Å². The number of piperazine rings is 1. The number of nitrogens with zero attached hydrogens (tertiary/aromatic N) is 3. The maximum Gasteiger partial charge on any atom is 0.323 e. The molecule has 1 aliphatic rings. The Bertz CT molecular complexity index is 1090. The third-order valence-corrected chi connectivity index (χ3v) is 6.10. The van der Waals surface area contributed by atoms with E-state index < -0.39 is 11.9 Å². The zero-order chi connectivity index (χ0) is 24.0. The fourth-order valence-corrected chi connectivity index (χ4v) is 4.42. The predicted molar refractivity (Wildman–Crippen MR) is 127 cm³/mol. The summed E-state index contributed by atoms with van der Waals surface area (Å²) in [6.45, 7) is 5.38. The van der Waals surface area contributed by atoms with Crippen LogP contribution in [0.4, 0.5) is 24.4 Å². The van der Waals surface area contributed by atoms with Crippen LogP contribution in [0.15, 0.2) is 36.4 Å². The second-order valence-corrected chi connectivity index (χ2v) is 8.39. The first-order valence-electron chi connectivity index (χ1n) is 10.9. The molecule has 2 aromatic carbocycles. The second-order valence-electron chi connectivity index (χ2n) is 7.36. The van der Waals surface area contributed by atoms with E-state index in [2.05, 4.69) is 10.3 Å². The molecule has 0 aliphatic carbocycles. The summed E-state index contributed by atoms with van der Waals surface area (Å²) in [5.41, 5.74) is 1.67. The summed E-state index contributed by atoms with van der Waals surface area (Å²) in [6, 6.07) is 8.73. The number of fused-ring (bicyclic) bond motifs is 1. The van der Waals surface area contributed by atoms with Crippen molar-refractivity contribution < 1.29 is 23.8 Å². The maximum atomic E-state index is 14.5. The van der Waals surface area contributed by atoms with Crippen molar-refractivity contribution in [3.63, 3.8) is 0 Å². The molecule has 2 heterocycles. The molecule has 10 heteroatoms. The molecule has 178 valence electrons. The van der Waals surface area contributed by atoms with E-state index in [-0.39, 0.29) is 24.9 Å². The van der Waals surface area contributed by atoms with Crippen LogP contribution in [0.3, 0.4) is 0 Å². The van der Waals surface area contributed by atoms with E-state index >= 15 is 0 Å². The van der Waals surface area contributed by atoms with Gasteiger partial charge in [-0.15, -0.1) is 0 Å². The summed E-state index contributed by atoms with van der Waals surface area (Å²) in [5.74, 6) is -0.753. The fraction of sp³-hybridized carbons (Fsp3) is 0.391. The molecule has 1 aliphatic heterocycles. The molecule has 1 aromatic heterocycles. The Kier molecular flexibility index (Phi) is 8.54. The number of carbonyl (C=O) groups excluding carboxylic acids is 1. The molecule has 0 spiro atoms. The van der Waals surface area contributed by atoms with Gasteiger partial charge in [0.2, 0.25) is 0 Å². The minimum atomic E-state index is -0.915. The highest BCUT2D eigenvalue weighted by Gasteiger charge is 2.24. The number of anilines is 2. The average Bonchev–Trinajstić information content (AvgIpc) is 3.21. The van der Waals surface area contributed by atoms with Crippen molar-refractivity contribution in [3.05, 3.63) is 53.6 Å². The van der Waals surface area contributed by atoms with Crippen LogP contribution < -0.4 is 10.2 Å². The third kappa shape index (κ3) is 6.16. The van der Waals surface area contributed by atoms with Gasteiger partial charge in [0.15, 0.2) is 5.13 Å². The minimum Gasteiger partial charge on any atom is -0.394 e. The molecule has 1 unspecified atom stereocenters. The second kappa shape index (κ2) is 11.4. The van der Waals surface area contributed by atoms with Crippen LogP contribution in [-0.2, 0) is 6.42 Å². The number of aliphatic hydroxyl groups is 2. The number of thiazole rings is 1. The predicted octanol–water partition coefficient (Wildman–Crippen LogP) is 3.85. The van der Waals surface area contributed by atoms with Crippen molar-refractivity contribution in [3.8, 4) is 0 Å². The average molecular weight is 479 g/mol. The molecular weight excluding hydrogens is 450 g/mol. The summed E-state index contributed by atoms with van der Waals surface area (Å²) in [6.07, 6.45) is -0.734. The van der Waals surface area contributed by atoms with Crippen LogP contribution in [0.1, 0.15) is 19.4 Å². The molecule has 1 saturated heterocycles. The smallest absolute Gasteiger partial charge is 0.323 e. The standard InChI is InChI=1S/C21H22F2N4O3S.C2H6/c22-14-2-3-17-19(11-14)31-20(24-17)25-21(30)27-7-5-26(6-8-27)18-4-1-13(10-16(18)23)9-15(29)12-28;1-2/h1-4,10-11,15,28-29H,5-9,12H2,(H,24,25,30);1-2H3. The van der Waals surface area contributed by atoms with Gasteiger partial charge in [0.25, 0.3) is 0 Å². The number of benzene rings is 2. The van der Waals surface area contributed by atoms with Gasteiger partial charge < -0.3 is 20.0 Å². The maximum absolute atomic E-state index is 14.5. The van der Waals surface area contributed by atoms with Crippen molar-refractivity contribution in [2.75, 3.05) is 43.0 Å². The largest absolute Gasteiger partial charge is 0.394 e. The number of aromatic nitrogens is 1. The molecule has 4 rings (SSSR count).